The Morgan fingerprint density at radius 1 is 1.30 bits per heavy atom. The van der Waals surface area contributed by atoms with E-state index in [1.807, 2.05) is 19.9 Å². The zero-order valence-corrected chi connectivity index (χ0v) is 7.41. The highest BCUT2D eigenvalue weighted by Gasteiger charge is 2.05. The molecule has 58 valence electrons. The number of hydrogen-bond acceptors (Lipinski definition) is 0. The van der Waals surface area contributed by atoms with Gasteiger partial charge in [-0.3, -0.25) is 0 Å². The van der Waals surface area contributed by atoms with Gasteiger partial charge in [-0.25, -0.2) is 0 Å². The van der Waals surface area contributed by atoms with Crippen LogP contribution in [-0.4, -0.2) is 0 Å². The van der Waals surface area contributed by atoms with E-state index in [2.05, 4.69) is 13.5 Å². The first-order valence-electron chi connectivity index (χ1n) is 4.15. The van der Waals surface area contributed by atoms with E-state index in [1.54, 1.807) is 5.57 Å². The smallest absolute Gasteiger partial charge is 0.0277 e. The predicted molar refractivity (Wildman–Crippen MR) is 48.1 cm³/mol. The highest BCUT2D eigenvalue weighted by molar-refractivity contribution is 5.26. The van der Waals surface area contributed by atoms with E-state index in [-0.39, 0.29) is 0 Å². The van der Waals surface area contributed by atoms with Crippen LogP contribution in [0.25, 0.3) is 0 Å². The molecule has 0 heteroatoms. The van der Waals surface area contributed by atoms with Crippen LogP contribution in [-0.2, 0) is 0 Å². The Morgan fingerprint density at radius 2 is 1.90 bits per heavy atom. The Kier molecular flexibility index (Phi) is 5.00. The van der Waals surface area contributed by atoms with Crippen LogP contribution in [0.4, 0.5) is 0 Å². The minimum absolute atomic E-state index is 1.26. The lowest BCUT2D eigenvalue weighted by molar-refractivity contribution is 0.899. The SMILES string of the molecule is C=CC1=C(C)CCC1.CC. The van der Waals surface area contributed by atoms with Crippen LogP contribution in [0, 0.1) is 0 Å². The second-order valence-electron chi connectivity index (χ2n) is 2.36. The van der Waals surface area contributed by atoms with Crippen molar-refractivity contribution in [1.29, 1.82) is 0 Å². The molecule has 0 atom stereocenters. The molecule has 0 saturated carbocycles. The molecule has 0 heterocycles. The van der Waals surface area contributed by atoms with Crippen molar-refractivity contribution in [3.63, 3.8) is 0 Å². The fourth-order valence-corrected chi connectivity index (χ4v) is 1.19. The van der Waals surface area contributed by atoms with Gasteiger partial charge in [-0.2, -0.15) is 0 Å². The summed E-state index contributed by atoms with van der Waals surface area (Å²) in [6, 6.07) is 0. The molecule has 1 aliphatic rings. The van der Waals surface area contributed by atoms with Crippen LogP contribution < -0.4 is 0 Å². The second-order valence-corrected chi connectivity index (χ2v) is 2.36. The number of rotatable bonds is 1. The van der Waals surface area contributed by atoms with E-state index in [4.69, 9.17) is 0 Å². The van der Waals surface area contributed by atoms with Crippen molar-refractivity contribution in [1.82, 2.24) is 0 Å². The van der Waals surface area contributed by atoms with Gasteiger partial charge in [0.1, 0.15) is 0 Å². The Bertz CT molecular complexity index is 129. The van der Waals surface area contributed by atoms with Gasteiger partial charge in [0, 0.05) is 0 Å². The maximum Gasteiger partial charge on any atom is -0.0277 e. The van der Waals surface area contributed by atoms with Crippen molar-refractivity contribution in [2.45, 2.75) is 40.0 Å². The van der Waals surface area contributed by atoms with Crippen LogP contribution in [0.15, 0.2) is 23.8 Å². The molecule has 0 aromatic heterocycles. The first kappa shape index (κ1) is 9.48. The van der Waals surface area contributed by atoms with E-state index >= 15 is 0 Å². The molecular weight excluding hydrogens is 120 g/mol. The Labute approximate surface area is 64.6 Å². The molecule has 0 spiro atoms. The highest BCUT2D eigenvalue weighted by atomic mass is 14.1. The molecule has 1 aliphatic carbocycles. The van der Waals surface area contributed by atoms with E-state index in [1.165, 1.54) is 24.8 Å². The lowest BCUT2D eigenvalue weighted by Gasteiger charge is -1.90. The summed E-state index contributed by atoms with van der Waals surface area (Å²) in [6.45, 7) is 9.93. The lowest BCUT2D eigenvalue weighted by Crippen LogP contribution is -1.69. The maximum atomic E-state index is 3.74. The maximum absolute atomic E-state index is 3.74. The minimum Gasteiger partial charge on any atom is -0.0988 e. The second kappa shape index (κ2) is 5.28. The Morgan fingerprint density at radius 3 is 2.10 bits per heavy atom. The largest absolute Gasteiger partial charge is 0.0988 e. The summed E-state index contributed by atoms with van der Waals surface area (Å²) >= 11 is 0. The molecule has 0 bridgehead atoms. The van der Waals surface area contributed by atoms with Gasteiger partial charge in [0.2, 0.25) is 0 Å². The first-order chi connectivity index (χ1) is 4.84. The Hall–Kier alpha value is -0.520. The summed E-state index contributed by atoms with van der Waals surface area (Å²) in [6.07, 6.45) is 5.88. The van der Waals surface area contributed by atoms with E-state index in [0.717, 1.165) is 0 Å². The van der Waals surface area contributed by atoms with Gasteiger partial charge in [-0.05, 0) is 31.8 Å². The van der Waals surface area contributed by atoms with Crippen LogP contribution in [0.5, 0.6) is 0 Å². The molecule has 0 nitrogen and oxygen atoms in total. The molecule has 0 N–H and O–H groups in total. The monoisotopic (exact) mass is 138 g/mol. The minimum atomic E-state index is 1.26. The van der Waals surface area contributed by atoms with Crippen molar-refractivity contribution >= 4 is 0 Å². The van der Waals surface area contributed by atoms with E-state index in [9.17, 15) is 0 Å². The first-order valence-corrected chi connectivity index (χ1v) is 4.15. The molecule has 0 aromatic carbocycles. The third-order valence-electron chi connectivity index (χ3n) is 1.79. The quantitative estimate of drug-likeness (QED) is 0.518. The molecule has 0 aliphatic heterocycles. The van der Waals surface area contributed by atoms with Gasteiger partial charge in [0.25, 0.3) is 0 Å². The normalized spacial score (nSPS) is 16.3. The van der Waals surface area contributed by atoms with Gasteiger partial charge in [0.05, 0.1) is 0 Å². The zero-order chi connectivity index (χ0) is 7.98. The molecule has 0 fully saturated rings. The summed E-state index contributed by atoms with van der Waals surface area (Å²) in [5.41, 5.74) is 3.02. The molecule has 0 amide bonds. The van der Waals surface area contributed by atoms with Gasteiger partial charge < -0.3 is 0 Å². The van der Waals surface area contributed by atoms with Crippen LogP contribution in [0.1, 0.15) is 40.0 Å². The average Bonchev–Trinajstić information content (AvgIpc) is 2.39. The molecule has 1 rings (SSSR count). The summed E-state index contributed by atoms with van der Waals surface area (Å²) in [5.74, 6) is 0. The molecule has 0 radical (unpaired) electrons. The van der Waals surface area contributed by atoms with Gasteiger partial charge in [0.15, 0.2) is 0 Å². The highest BCUT2D eigenvalue weighted by Crippen LogP contribution is 2.25. The standard InChI is InChI=1S/C8H12.C2H6/c1-3-8-6-4-5-7(8)2;1-2/h3H,1,4-6H2,2H3;1-2H3. The summed E-state index contributed by atoms with van der Waals surface area (Å²) < 4.78 is 0. The van der Waals surface area contributed by atoms with Crippen molar-refractivity contribution in [3.05, 3.63) is 23.8 Å². The number of allylic oxidation sites excluding steroid dienone is 3. The lowest BCUT2D eigenvalue weighted by atomic mass is 10.2. The number of hydrogen-bond donors (Lipinski definition) is 0. The van der Waals surface area contributed by atoms with Crippen LogP contribution >= 0.6 is 0 Å². The molecule has 0 aromatic rings. The van der Waals surface area contributed by atoms with Crippen molar-refractivity contribution < 1.29 is 0 Å². The fourth-order valence-electron chi connectivity index (χ4n) is 1.19. The van der Waals surface area contributed by atoms with E-state index in [0.29, 0.717) is 0 Å². The third-order valence-corrected chi connectivity index (χ3v) is 1.79. The van der Waals surface area contributed by atoms with Crippen molar-refractivity contribution in [2.24, 2.45) is 0 Å². The summed E-state index contributed by atoms with van der Waals surface area (Å²) in [4.78, 5) is 0. The zero-order valence-electron chi connectivity index (χ0n) is 7.41. The molecule has 0 saturated heterocycles. The molecular formula is C10H18. The summed E-state index contributed by atoms with van der Waals surface area (Å²) in [5, 5.41) is 0. The van der Waals surface area contributed by atoms with Crippen LogP contribution in [0.3, 0.4) is 0 Å². The average molecular weight is 138 g/mol. The van der Waals surface area contributed by atoms with Crippen molar-refractivity contribution in [3.8, 4) is 0 Å². The third kappa shape index (κ3) is 2.38. The Balaban J connectivity index is 0.000000371. The van der Waals surface area contributed by atoms with Gasteiger partial charge >= 0.3 is 0 Å². The van der Waals surface area contributed by atoms with Crippen LogP contribution in [0.2, 0.25) is 0 Å². The van der Waals surface area contributed by atoms with Gasteiger partial charge in [-0.1, -0.05) is 32.1 Å². The fraction of sp³-hybridized carbons (Fsp3) is 0.600. The van der Waals surface area contributed by atoms with Gasteiger partial charge in [-0.15, -0.1) is 0 Å². The summed E-state index contributed by atoms with van der Waals surface area (Å²) in [7, 11) is 0. The van der Waals surface area contributed by atoms with E-state index < -0.39 is 0 Å². The molecule has 0 unspecified atom stereocenters. The molecule has 10 heavy (non-hydrogen) atoms. The topological polar surface area (TPSA) is 0 Å². The predicted octanol–water partition coefficient (Wildman–Crippen LogP) is 3.70. The van der Waals surface area contributed by atoms with Crippen molar-refractivity contribution in [2.75, 3.05) is 0 Å².